The number of fused-ring (bicyclic) bond motifs is 1. The first-order valence-electron chi connectivity index (χ1n) is 7.15. The zero-order chi connectivity index (χ0) is 17.4. The third-order valence-electron chi connectivity index (χ3n) is 3.79. The summed E-state index contributed by atoms with van der Waals surface area (Å²) >= 11 is 0. The van der Waals surface area contributed by atoms with Crippen LogP contribution in [0.5, 0.6) is 11.5 Å². The van der Waals surface area contributed by atoms with Crippen LogP contribution in [0, 0.1) is 0 Å². The monoisotopic (exact) mass is 340 g/mol. The third kappa shape index (κ3) is 2.95. The predicted molar refractivity (Wildman–Crippen MR) is 78.5 cm³/mol. The highest BCUT2D eigenvalue weighted by atomic mass is 16.7. The summed E-state index contributed by atoms with van der Waals surface area (Å²) in [6, 6.07) is 5.17. The van der Waals surface area contributed by atoms with Crippen molar-refractivity contribution >= 4 is 11.0 Å². The second-order valence-electron chi connectivity index (χ2n) is 5.43. The van der Waals surface area contributed by atoms with E-state index in [1.54, 1.807) is 0 Å². The van der Waals surface area contributed by atoms with E-state index >= 15 is 0 Å². The van der Waals surface area contributed by atoms with E-state index in [-0.39, 0.29) is 17.1 Å². The van der Waals surface area contributed by atoms with E-state index in [0.29, 0.717) is 5.39 Å². The molecular formula is C15H16O9. The maximum absolute atomic E-state index is 11.2. The lowest BCUT2D eigenvalue weighted by atomic mass is 9.99. The zero-order valence-corrected chi connectivity index (χ0v) is 12.3. The van der Waals surface area contributed by atoms with Gasteiger partial charge in [-0.25, -0.2) is 4.79 Å². The molecule has 2 heterocycles. The van der Waals surface area contributed by atoms with E-state index < -0.39 is 42.9 Å². The van der Waals surface area contributed by atoms with Gasteiger partial charge in [0.05, 0.1) is 6.61 Å². The Labute approximate surface area is 134 Å². The number of phenolic OH excluding ortho intramolecular Hbond substituents is 1. The fourth-order valence-corrected chi connectivity index (χ4v) is 2.47. The molecule has 1 aliphatic rings. The molecule has 2 aromatic rings. The van der Waals surface area contributed by atoms with E-state index in [1.165, 1.54) is 18.2 Å². The molecule has 24 heavy (non-hydrogen) atoms. The number of hydrogen-bond acceptors (Lipinski definition) is 9. The topological polar surface area (TPSA) is 150 Å². The Hall–Kier alpha value is -2.17. The van der Waals surface area contributed by atoms with Gasteiger partial charge in [0.2, 0.25) is 6.29 Å². The van der Waals surface area contributed by atoms with Gasteiger partial charge in [-0.1, -0.05) is 0 Å². The Morgan fingerprint density at radius 1 is 1.08 bits per heavy atom. The molecule has 1 aromatic heterocycles. The van der Waals surface area contributed by atoms with Gasteiger partial charge in [0.25, 0.3) is 0 Å². The standard InChI is InChI=1S/C15H16O9/c16-5-10-12(19)13(20)14(21)15(24-10)23-9-3-6-1-2-11(18)22-8(6)4-7(9)17/h1-4,10,12-17,19-21H,5H2/t10-,12+,13+,14-,15+/m1/s1. The van der Waals surface area contributed by atoms with Gasteiger partial charge in [-0.3, -0.25) is 0 Å². The van der Waals surface area contributed by atoms with E-state index in [9.17, 15) is 25.2 Å². The summed E-state index contributed by atoms with van der Waals surface area (Å²) in [6.07, 6.45) is -7.27. The van der Waals surface area contributed by atoms with Gasteiger partial charge in [-0.05, 0) is 12.1 Å². The van der Waals surface area contributed by atoms with Crippen molar-refractivity contribution in [1.82, 2.24) is 0 Å². The number of ether oxygens (including phenoxy) is 2. The summed E-state index contributed by atoms with van der Waals surface area (Å²) < 4.78 is 15.5. The van der Waals surface area contributed by atoms with Crippen molar-refractivity contribution in [3.8, 4) is 11.5 Å². The molecule has 0 unspecified atom stereocenters. The molecule has 1 aliphatic heterocycles. The van der Waals surface area contributed by atoms with Gasteiger partial charge in [-0.15, -0.1) is 0 Å². The predicted octanol–water partition coefficient (Wildman–Crippen LogP) is -1.32. The van der Waals surface area contributed by atoms with Crippen molar-refractivity contribution in [2.24, 2.45) is 0 Å². The first-order valence-corrected chi connectivity index (χ1v) is 7.15. The van der Waals surface area contributed by atoms with E-state index in [1.807, 2.05) is 0 Å². The lowest BCUT2D eigenvalue weighted by Gasteiger charge is -2.39. The fraction of sp³-hybridized carbons (Fsp3) is 0.400. The summed E-state index contributed by atoms with van der Waals surface area (Å²) in [5.41, 5.74) is -0.439. The Morgan fingerprint density at radius 2 is 1.83 bits per heavy atom. The Morgan fingerprint density at radius 3 is 2.54 bits per heavy atom. The fourth-order valence-electron chi connectivity index (χ4n) is 2.47. The second-order valence-corrected chi connectivity index (χ2v) is 5.43. The minimum Gasteiger partial charge on any atom is -0.504 e. The molecule has 3 rings (SSSR count). The van der Waals surface area contributed by atoms with Crippen molar-refractivity contribution in [2.75, 3.05) is 6.61 Å². The summed E-state index contributed by atoms with van der Waals surface area (Å²) in [7, 11) is 0. The van der Waals surface area contributed by atoms with Crippen molar-refractivity contribution in [3.63, 3.8) is 0 Å². The van der Waals surface area contributed by atoms with Gasteiger partial charge in [0.15, 0.2) is 11.5 Å². The number of rotatable bonds is 3. The van der Waals surface area contributed by atoms with Crippen molar-refractivity contribution in [1.29, 1.82) is 0 Å². The molecule has 1 aromatic carbocycles. The number of aliphatic hydroxyl groups is 4. The lowest BCUT2D eigenvalue weighted by Crippen LogP contribution is -2.60. The molecule has 9 heteroatoms. The molecular weight excluding hydrogens is 324 g/mol. The molecule has 130 valence electrons. The molecule has 1 fully saturated rings. The summed E-state index contributed by atoms with van der Waals surface area (Å²) in [5.74, 6) is -0.477. The lowest BCUT2D eigenvalue weighted by molar-refractivity contribution is -0.277. The van der Waals surface area contributed by atoms with Crippen molar-refractivity contribution in [3.05, 3.63) is 34.7 Å². The van der Waals surface area contributed by atoms with E-state index in [0.717, 1.165) is 6.07 Å². The number of aliphatic hydroxyl groups excluding tert-OH is 4. The van der Waals surface area contributed by atoms with Crippen LogP contribution in [0.3, 0.4) is 0 Å². The van der Waals surface area contributed by atoms with Crippen LogP contribution in [-0.2, 0) is 4.74 Å². The van der Waals surface area contributed by atoms with Crippen LogP contribution in [-0.4, -0.2) is 62.8 Å². The minimum absolute atomic E-state index is 0.0966. The average molecular weight is 340 g/mol. The number of hydrogen-bond donors (Lipinski definition) is 5. The largest absolute Gasteiger partial charge is 0.504 e. The molecule has 0 spiro atoms. The maximum atomic E-state index is 11.2. The van der Waals surface area contributed by atoms with E-state index in [4.69, 9.17) is 19.0 Å². The Kier molecular flexibility index (Phi) is 4.43. The number of aromatic hydroxyl groups is 1. The summed E-state index contributed by atoms with van der Waals surface area (Å²) in [4.78, 5) is 11.2. The Balaban J connectivity index is 1.89. The van der Waals surface area contributed by atoms with Gasteiger partial charge in [0, 0.05) is 17.5 Å². The summed E-state index contributed by atoms with van der Waals surface area (Å²) in [6.45, 7) is -0.598. The molecule has 0 bridgehead atoms. The summed E-state index contributed by atoms with van der Waals surface area (Å²) in [5, 5.41) is 49.0. The molecule has 0 aliphatic carbocycles. The quantitative estimate of drug-likeness (QED) is 0.429. The first-order chi connectivity index (χ1) is 11.4. The van der Waals surface area contributed by atoms with Crippen LogP contribution in [0.2, 0.25) is 0 Å². The molecule has 0 saturated carbocycles. The zero-order valence-electron chi connectivity index (χ0n) is 12.3. The highest BCUT2D eigenvalue weighted by Crippen LogP contribution is 2.33. The normalized spacial score (nSPS) is 30.4. The molecule has 0 radical (unpaired) electrons. The first kappa shape index (κ1) is 16.7. The SMILES string of the molecule is O=c1ccc2cc(O[C@H]3O[C@H](CO)[C@H](O)[C@H](O)[C@H]3O)c(O)cc2o1. The molecule has 5 atom stereocenters. The van der Waals surface area contributed by atoms with Crippen LogP contribution in [0.15, 0.2) is 33.5 Å². The van der Waals surface area contributed by atoms with Gasteiger partial charge < -0.3 is 39.4 Å². The Bertz CT molecular complexity index is 784. The highest BCUT2D eigenvalue weighted by Gasteiger charge is 2.44. The second kappa shape index (κ2) is 6.38. The van der Waals surface area contributed by atoms with Crippen LogP contribution in [0.25, 0.3) is 11.0 Å². The highest BCUT2D eigenvalue weighted by molar-refractivity contribution is 5.80. The minimum atomic E-state index is -1.60. The number of benzene rings is 1. The smallest absolute Gasteiger partial charge is 0.336 e. The molecule has 1 saturated heterocycles. The van der Waals surface area contributed by atoms with Gasteiger partial charge in [0.1, 0.15) is 30.0 Å². The van der Waals surface area contributed by atoms with Crippen molar-refractivity contribution < 1.29 is 39.4 Å². The molecule has 5 N–H and O–H groups in total. The molecule has 0 amide bonds. The van der Waals surface area contributed by atoms with Gasteiger partial charge in [-0.2, -0.15) is 0 Å². The average Bonchev–Trinajstić information content (AvgIpc) is 2.56. The van der Waals surface area contributed by atoms with E-state index in [2.05, 4.69) is 0 Å². The van der Waals surface area contributed by atoms with Crippen LogP contribution in [0.4, 0.5) is 0 Å². The number of phenols is 1. The van der Waals surface area contributed by atoms with Crippen LogP contribution >= 0.6 is 0 Å². The van der Waals surface area contributed by atoms with Crippen molar-refractivity contribution in [2.45, 2.75) is 30.7 Å². The molecule has 9 nitrogen and oxygen atoms in total. The van der Waals surface area contributed by atoms with Crippen LogP contribution < -0.4 is 10.4 Å². The van der Waals surface area contributed by atoms with Crippen LogP contribution in [0.1, 0.15) is 0 Å². The third-order valence-corrected chi connectivity index (χ3v) is 3.79. The van der Waals surface area contributed by atoms with Gasteiger partial charge >= 0.3 is 5.63 Å². The maximum Gasteiger partial charge on any atom is 0.336 e.